The lowest BCUT2D eigenvalue weighted by molar-refractivity contribution is 0.467. The summed E-state index contributed by atoms with van der Waals surface area (Å²) in [6.45, 7) is 3.66. The summed E-state index contributed by atoms with van der Waals surface area (Å²) in [4.78, 5) is 25.3. The minimum absolute atomic E-state index is 0.190. The van der Waals surface area contributed by atoms with Crippen molar-refractivity contribution in [3.05, 3.63) is 71.9 Å². The molecule has 0 saturated heterocycles. The first-order chi connectivity index (χ1) is 13.7. The van der Waals surface area contributed by atoms with E-state index in [0.717, 1.165) is 18.7 Å². The molecule has 9 nitrogen and oxygen atoms in total. The molecule has 4 aromatic rings. The van der Waals surface area contributed by atoms with E-state index in [9.17, 15) is 4.79 Å². The molecule has 9 heteroatoms. The molecule has 4 heterocycles. The summed E-state index contributed by atoms with van der Waals surface area (Å²) in [6, 6.07) is 7.29. The first-order valence-corrected chi connectivity index (χ1v) is 8.95. The van der Waals surface area contributed by atoms with Crippen molar-refractivity contribution in [1.29, 1.82) is 0 Å². The van der Waals surface area contributed by atoms with Crippen LogP contribution in [-0.2, 0) is 6.54 Å². The SMILES string of the molecule is CC(CNc1cc(-n2[nH]cc(-c3cccnc3)c2=O)ncn1)Cn1cccn1. The minimum Gasteiger partial charge on any atom is -0.370 e. The molecule has 0 spiro atoms. The lowest BCUT2D eigenvalue weighted by atomic mass is 10.2. The number of pyridine rings is 1. The van der Waals surface area contributed by atoms with E-state index in [1.54, 1.807) is 36.9 Å². The zero-order chi connectivity index (χ0) is 19.3. The molecule has 4 aromatic heterocycles. The summed E-state index contributed by atoms with van der Waals surface area (Å²) in [5, 5.41) is 10.5. The number of hydrogen-bond donors (Lipinski definition) is 2. The van der Waals surface area contributed by atoms with Crippen molar-refractivity contribution in [2.45, 2.75) is 13.5 Å². The first kappa shape index (κ1) is 17.7. The van der Waals surface area contributed by atoms with Gasteiger partial charge in [-0.1, -0.05) is 13.0 Å². The fourth-order valence-electron chi connectivity index (χ4n) is 2.91. The van der Waals surface area contributed by atoms with Crippen LogP contribution < -0.4 is 10.9 Å². The highest BCUT2D eigenvalue weighted by atomic mass is 16.1. The molecule has 0 aromatic carbocycles. The second kappa shape index (κ2) is 7.87. The van der Waals surface area contributed by atoms with E-state index in [-0.39, 0.29) is 5.56 Å². The number of rotatable bonds is 7. The van der Waals surface area contributed by atoms with Crippen LogP contribution in [-0.4, -0.2) is 41.1 Å². The fraction of sp³-hybridized carbons (Fsp3) is 0.211. The van der Waals surface area contributed by atoms with E-state index >= 15 is 0 Å². The summed E-state index contributed by atoms with van der Waals surface area (Å²) < 4.78 is 3.29. The number of anilines is 1. The Labute approximate surface area is 161 Å². The largest absolute Gasteiger partial charge is 0.370 e. The van der Waals surface area contributed by atoms with Gasteiger partial charge in [0.25, 0.3) is 5.56 Å². The number of hydrogen-bond acceptors (Lipinski definition) is 6. The maximum absolute atomic E-state index is 12.7. The Bertz CT molecular complexity index is 1080. The quantitative estimate of drug-likeness (QED) is 0.511. The van der Waals surface area contributed by atoms with Crippen molar-refractivity contribution in [2.75, 3.05) is 11.9 Å². The number of H-pyrrole nitrogens is 1. The van der Waals surface area contributed by atoms with Gasteiger partial charge < -0.3 is 5.32 Å². The molecule has 0 amide bonds. The Morgan fingerprint density at radius 2 is 2.18 bits per heavy atom. The van der Waals surface area contributed by atoms with Crippen molar-refractivity contribution in [2.24, 2.45) is 5.92 Å². The standard InChI is InChI=1S/C19H20N8O/c1-14(12-26-7-3-6-24-26)9-21-17-8-18(23-13-22-17)27-19(28)16(11-25-27)15-4-2-5-20-10-15/h2-8,10-11,13-14,25H,9,12H2,1H3,(H,21,22,23). The molecular formula is C19H20N8O. The Morgan fingerprint density at radius 3 is 2.96 bits per heavy atom. The average Bonchev–Trinajstić information content (AvgIpc) is 3.37. The molecular weight excluding hydrogens is 356 g/mol. The van der Waals surface area contributed by atoms with Crippen molar-refractivity contribution in [3.63, 3.8) is 0 Å². The highest BCUT2D eigenvalue weighted by Crippen LogP contribution is 2.14. The van der Waals surface area contributed by atoms with Gasteiger partial charge in [0.1, 0.15) is 12.1 Å². The molecule has 0 bridgehead atoms. The monoisotopic (exact) mass is 376 g/mol. The third-order valence-electron chi connectivity index (χ3n) is 4.32. The van der Waals surface area contributed by atoms with Gasteiger partial charge in [0, 0.05) is 55.7 Å². The van der Waals surface area contributed by atoms with Gasteiger partial charge in [0.15, 0.2) is 5.82 Å². The van der Waals surface area contributed by atoms with Crippen molar-refractivity contribution >= 4 is 5.82 Å². The minimum atomic E-state index is -0.190. The fourth-order valence-corrected chi connectivity index (χ4v) is 2.91. The third-order valence-corrected chi connectivity index (χ3v) is 4.32. The molecule has 0 aliphatic heterocycles. The lowest BCUT2D eigenvalue weighted by Gasteiger charge is -2.13. The molecule has 4 rings (SSSR count). The van der Waals surface area contributed by atoms with Gasteiger partial charge in [-0.25, -0.2) is 14.6 Å². The summed E-state index contributed by atoms with van der Waals surface area (Å²) in [6.07, 6.45) is 10.1. The summed E-state index contributed by atoms with van der Waals surface area (Å²) in [5.41, 5.74) is 1.10. The van der Waals surface area contributed by atoms with Crippen LogP contribution in [0.4, 0.5) is 5.82 Å². The second-order valence-electron chi connectivity index (χ2n) is 6.54. The summed E-state index contributed by atoms with van der Waals surface area (Å²) in [5.74, 6) is 1.47. The number of nitrogens with zero attached hydrogens (tertiary/aromatic N) is 6. The lowest BCUT2D eigenvalue weighted by Crippen LogP contribution is -2.19. The molecule has 0 saturated carbocycles. The number of aromatic amines is 1. The third kappa shape index (κ3) is 3.83. The number of nitrogens with one attached hydrogen (secondary N) is 2. The first-order valence-electron chi connectivity index (χ1n) is 8.95. The highest BCUT2D eigenvalue weighted by Gasteiger charge is 2.12. The Kier molecular flexibility index (Phi) is 4.96. The molecule has 1 atom stereocenters. The average molecular weight is 376 g/mol. The Balaban J connectivity index is 1.48. The van der Waals surface area contributed by atoms with Gasteiger partial charge in [0.2, 0.25) is 0 Å². The van der Waals surface area contributed by atoms with Gasteiger partial charge in [-0.2, -0.15) is 5.10 Å². The molecule has 0 aliphatic carbocycles. The van der Waals surface area contributed by atoms with Crippen LogP contribution in [0.3, 0.4) is 0 Å². The molecule has 2 N–H and O–H groups in total. The van der Waals surface area contributed by atoms with Crippen molar-refractivity contribution < 1.29 is 0 Å². The van der Waals surface area contributed by atoms with E-state index in [4.69, 9.17) is 0 Å². The maximum atomic E-state index is 12.7. The molecule has 142 valence electrons. The number of aromatic nitrogens is 7. The summed E-state index contributed by atoms with van der Waals surface area (Å²) >= 11 is 0. The Morgan fingerprint density at radius 1 is 1.25 bits per heavy atom. The van der Waals surface area contributed by atoms with Crippen LogP contribution in [0.1, 0.15) is 6.92 Å². The molecule has 0 aliphatic rings. The zero-order valence-electron chi connectivity index (χ0n) is 15.4. The van der Waals surface area contributed by atoms with Crippen molar-refractivity contribution in [3.8, 4) is 16.9 Å². The smallest absolute Gasteiger partial charge is 0.280 e. The van der Waals surface area contributed by atoms with Crippen LogP contribution >= 0.6 is 0 Å². The van der Waals surface area contributed by atoms with E-state index < -0.39 is 0 Å². The van der Waals surface area contributed by atoms with E-state index in [1.165, 1.54) is 11.0 Å². The molecule has 0 radical (unpaired) electrons. The second-order valence-corrected chi connectivity index (χ2v) is 6.54. The van der Waals surface area contributed by atoms with Gasteiger partial charge >= 0.3 is 0 Å². The summed E-state index contributed by atoms with van der Waals surface area (Å²) in [7, 11) is 0. The van der Waals surface area contributed by atoms with Gasteiger partial charge in [0.05, 0.1) is 5.56 Å². The van der Waals surface area contributed by atoms with Gasteiger partial charge in [-0.05, 0) is 18.1 Å². The normalized spacial score (nSPS) is 12.0. The molecule has 1 unspecified atom stereocenters. The van der Waals surface area contributed by atoms with Crippen LogP contribution in [0.25, 0.3) is 16.9 Å². The van der Waals surface area contributed by atoms with Crippen molar-refractivity contribution in [1.82, 2.24) is 34.5 Å². The maximum Gasteiger partial charge on any atom is 0.280 e. The van der Waals surface area contributed by atoms with Gasteiger partial charge in [-0.15, -0.1) is 0 Å². The molecule has 28 heavy (non-hydrogen) atoms. The van der Waals surface area contributed by atoms with Crippen LogP contribution in [0, 0.1) is 5.92 Å². The topological polar surface area (TPSA) is 106 Å². The molecule has 0 fully saturated rings. The van der Waals surface area contributed by atoms with Crippen LogP contribution in [0.15, 0.2) is 66.4 Å². The van der Waals surface area contributed by atoms with Gasteiger partial charge in [-0.3, -0.25) is 19.6 Å². The van der Waals surface area contributed by atoms with Crippen LogP contribution in [0.5, 0.6) is 0 Å². The highest BCUT2D eigenvalue weighted by molar-refractivity contribution is 5.60. The van der Waals surface area contributed by atoms with E-state index in [0.29, 0.717) is 23.1 Å². The predicted molar refractivity (Wildman–Crippen MR) is 105 cm³/mol. The zero-order valence-corrected chi connectivity index (χ0v) is 15.4. The van der Waals surface area contributed by atoms with E-state index in [1.807, 2.05) is 23.0 Å². The Hall–Kier alpha value is -3.75. The van der Waals surface area contributed by atoms with E-state index in [2.05, 4.69) is 37.4 Å². The predicted octanol–water partition coefficient (Wildman–Crippen LogP) is 1.96. The van der Waals surface area contributed by atoms with Crippen LogP contribution in [0.2, 0.25) is 0 Å².